The Kier molecular flexibility index (Phi) is 5.82. The first-order chi connectivity index (χ1) is 8.49. The van der Waals surface area contributed by atoms with Crippen LogP contribution in [-0.4, -0.2) is 13.0 Å². The van der Waals surface area contributed by atoms with Gasteiger partial charge in [0.2, 0.25) is 0 Å². The predicted octanol–water partition coefficient (Wildman–Crippen LogP) is 4.01. The minimum absolute atomic E-state index is 0.0327. The van der Waals surface area contributed by atoms with Crippen molar-refractivity contribution in [2.24, 2.45) is 0 Å². The Balaban J connectivity index is 2.76. The molecule has 4 heteroatoms. The molecule has 1 aromatic carbocycles. The molecule has 0 aliphatic heterocycles. The first-order valence-electron chi connectivity index (χ1n) is 6.56. The molecule has 1 rings (SSSR count). The fraction of sp³-hybridized carbons (Fsp3) is 0.571. The Bertz CT molecular complexity index is 448. The van der Waals surface area contributed by atoms with Crippen LogP contribution in [0.5, 0.6) is 0 Å². The topological polar surface area (TPSA) is 54.4 Å². The number of unbranched alkanes of at least 4 members (excludes halogenated alkanes) is 2. The molecule has 0 spiro atoms. The fourth-order valence-corrected chi connectivity index (χ4v) is 2.64. The van der Waals surface area contributed by atoms with Crippen LogP contribution in [0, 0.1) is 0 Å². The van der Waals surface area contributed by atoms with Crippen molar-refractivity contribution in [3.8, 4) is 0 Å². The van der Waals surface area contributed by atoms with E-state index in [1.165, 1.54) is 31.4 Å². The SMILES string of the molecule is CCCCCC(CC)c1ccc(S(=O)(=O)O)cc1. The van der Waals surface area contributed by atoms with Gasteiger partial charge in [-0.05, 0) is 36.5 Å². The zero-order valence-corrected chi connectivity index (χ0v) is 11.9. The van der Waals surface area contributed by atoms with Crippen molar-refractivity contribution < 1.29 is 13.0 Å². The van der Waals surface area contributed by atoms with Gasteiger partial charge >= 0.3 is 0 Å². The molecule has 3 nitrogen and oxygen atoms in total. The van der Waals surface area contributed by atoms with Gasteiger partial charge < -0.3 is 0 Å². The van der Waals surface area contributed by atoms with Crippen molar-refractivity contribution >= 4 is 10.1 Å². The first kappa shape index (κ1) is 15.2. The summed E-state index contributed by atoms with van der Waals surface area (Å²) in [7, 11) is -4.07. The van der Waals surface area contributed by atoms with E-state index in [1.807, 2.05) is 12.1 Å². The largest absolute Gasteiger partial charge is 0.294 e. The standard InChI is InChI=1S/C14H22O3S/c1-3-5-6-7-12(4-2)13-8-10-14(11-9-13)18(15,16)17/h8-12H,3-7H2,1-2H3,(H,15,16,17). The van der Waals surface area contributed by atoms with Crippen LogP contribution in [0.4, 0.5) is 0 Å². The third-order valence-electron chi connectivity index (χ3n) is 3.30. The molecule has 1 atom stereocenters. The zero-order chi connectivity index (χ0) is 13.6. The molecule has 0 aromatic heterocycles. The molecule has 0 amide bonds. The van der Waals surface area contributed by atoms with Gasteiger partial charge in [0.15, 0.2) is 0 Å². The third-order valence-corrected chi connectivity index (χ3v) is 4.17. The van der Waals surface area contributed by atoms with Gasteiger partial charge in [0.05, 0.1) is 4.90 Å². The van der Waals surface area contributed by atoms with Crippen molar-refractivity contribution in [3.05, 3.63) is 29.8 Å². The molecule has 1 unspecified atom stereocenters. The van der Waals surface area contributed by atoms with Gasteiger partial charge in [-0.2, -0.15) is 8.42 Å². The lowest BCUT2D eigenvalue weighted by Gasteiger charge is -2.15. The Morgan fingerprint density at radius 2 is 1.72 bits per heavy atom. The summed E-state index contributed by atoms with van der Waals surface area (Å²) in [6, 6.07) is 6.58. The van der Waals surface area contributed by atoms with Crippen LogP contribution in [0.3, 0.4) is 0 Å². The maximum Gasteiger partial charge on any atom is 0.294 e. The molecule has 0 aliphatic rings. The second kappa shape index (κ2) is 6.90. The van der Waals surface area contributed by atoms with Gasteiger partial charge in [0.1, 0.15) is 0 Å². The minimum atomic E-state index is -4.07. The van der Waals surface area contributed by atoms with Gasteiger partial charge in [0, 0.05) is 0 Å². The molecule has 0 saturated carbocycles. The van der Waals surface area contributed by atoms with Crippen LogP contribution < -0.4 is 0 Å². The predicted molar refractivity (Wildman–Crippen MR) is 73.4 cm³/mol. The van der Waals surface area contributed by atoms with Crippen LogP contribution in [-0.2, 0) is 10.1 Å². The molecule has 0 heterocycles. The van der Waals surface area contributed by atoms with Crippen LogP contribution in [0.2, 0.25) is 0 Å². The van der Waals surface area contributed by atoms with Crippen LogP contribution >= 0.6 is 0 Å². The molecule has 0 aliphatic carbocycles. The monoisotopic (exact) mass is 270 g/mol. The molecule has 0 bridgehead atoms. The number of hydrogen-bond donors (Lipinski definition) is 1. The lowest BCUT2D eigenvalue weighted by atomic mass is 9.91. The van der Waals surface area contributed by atoms with Gasteiger partial charge in [0.25, 0.3) is 10.1 Å². The van der Waals surface area contributed by atoms with E-state index in [0.29, 0.717) is 5.92 Å². The maximum absolute atomic E-state index is 11.0. The Labute approximate surface area is 110 Å². The molecule has 102 valence electrons. The molecular weight excluding hydrogens is 248 g/mol. The average Bonchev–Trinajstić information content (AvgIpc) is 2.34. The van der Waals surface area contributed by atoms with E-state index in [0.717, 1.165) is 18.4 Å². The van der Waals surface area contributed by atoms with Crippen LogP contribution in [0.25, 0.3) is 0 Å². The van der Waals surface area contributed by atoms with E-state index in [2.05, 4.69) is 13.8 Å². The van der Waals surface area contributed by atoms with Gasteiger partial charge in [-0.1, -0.05) is 45.2 Å². The Morgan fingerprint density at radius 3 is 2.17 bits per heavy atom. The van der Waals surface area contributed by atoms with E-state index in [9.17, 15) is 8.42 Å². The molecule has 1 N–H and O–H groups in total. The highest BCUT2D eigenvalue weighted by atomic mass is 32.2. The highest BCUT2D eigenvalue weighted by Gasteiger charge is 2.12. The lowest BCUT2D eigenvalue weighted by Crippen LogP contribution is -2.01. The molecule has 0 saturated heterocycles. The number of rotatable bonds is 7. The zero-order valence-electron chi connectivity index (χ0n) is 11.1. The highest BCUT2D eigenvalue weighted by Crippen LogP contribution is 2.26. The maximum atomic E-state index is 11.0. The minimum Gasteiger partial charge on any atom is -0.282 e. The van der Waals surface area contributed by atoms with E-state index < -0.39 is 10.1 Å². The third kappa shape index (κ3) is 4.42. The second-order valence-electron chi connectivity index (χ2n) is 4.65. The van der Waals surface area contributed by atoms with Crippen LogP contribution in [0.15, 0.2) is 29.2 Å². The van der Waals surface area contributed by atoms with Gasteiger partial charge in [-0.3, -0.25) is 4.55 Å². The van der Waals surface area contributed by atoms with Gasteiger partial charge in [-0.25, -0.2) is 0 Å². The van der Waals surface area contributed by atoms with E-state index >= 15 is 0 Å². The number of hydrogen-bond acceptors (Lipinski definition) is 2. The summed E-state index contributed by atoms with van der Waals surface area (Å²) >= 11 is 0. The first-order valence-corrected chi connectivity index (χ1v) is 8.00. The van der Waals surface area contributed by atoms with Crippen molar-refractivity contribution in [3.63, 3.8) is 0 Å². The summed E-state index contributed by atoms with van der Waals surface area (Å²) in [5, 5.41) is 0. The quantitative estimate of drug-likeness (QED) is 0.601. The van der Waals surface area contributed by atoms with Gasteiger partial charge in [-0.15, -0.1) is 0 Å². The molecule has 0 fully saturated rings. The van der Waals surface area contributed by atoms with Crippen molar-refractivity contribution in [2.45, 2.75) is 56.8 Å². The molecule has 0 radical (unpaired) electrons. The Hall–Kier alpha value is -0.870. The number of benzene rings is 1. The van der Waals surface area contributed by atoms with Crippen LogP contribution in [0.1, 0.15) is 57.4 Å². The normalized spacial score (nSPS) is 13.5. The molecular formula is C14H22O3S. The summed E-state index contributed by atoms with van der Waals surface area (Å²) in [4.78, 5) is -0.0327. The summed E-state index contributed by atoms with van der Waals surface area (Å²) in [6.45, 7) is 4.33. The summed E-state index contributed by atoms with van der Waals surface area (Å²) in [5.41, 5.74) is 1.15. The summed E-state index contributed by atoms with van der Waals surface area (Å²) in [6.07, 6.45) is 5.83. The second-order valence-corrected chi connectivity index (χ2v) is 6.07. The average molecular weight is 270 g/mol. The van der Waals surface area contributed by atoms with Crippen molar-refractivity contribution in [1.29, 1.82) is 0 Å². The fourth-order valence-electron chi connectivity index (χ4n) is 2.16. The van der Waals surface area contributed by atoms with E-state index in [1.54, 1.807) is 0 Å². The Morgan fingerprint density at radius 1 is 1.11 bits per heavy atom. The lowest BCUT2D eigenvalue weighted by molar-refractivity contribution is 0.483. The summed E-state index contributed by atoms with van der Waals surface area (Å²) in [5.74, 6) is 0.479. The van der Waals surface area contributed by atoms with Crippen molar-refractivity contribution in [2.75, 3.05) is 0 Å². The van der Waals surface area contributed by atoms with Crippen molar-refractivity contribution in [1.82, 2.24) is 0 Å². The smallest absolute Gasteiger partial charge is 0.282 e. The molecule has 1 aromatic rings. The van der Waals surface area contributed by atoms with E-state index in [4.69, 9.17) is 4.55 Å². The molecule has 18 heavy (non-hydrogen) atoms. The van der Waals surface area contributed by atoms with E-state index in [-0.39, 0.29) is 4.90 Å². The summed E-state index contributed by atoms with van der Waals surface area (Å²) < 4.78 is 30.8. The highest BCUT2D eigenvalue weighted by molar-refractivity contribution is 7.85.